The number of fused-ring (bicyclic) bond motifs is 3. The average molecular weight is 558 g/mol. The van der Waals surface area contributed by atoms with Crippen molar-refractivity contribution in [2.75, 3.05) is 0 Å². The Hall–Kier alpha value is -4.92. The van der Waals surface area contributed by atoms with Gasteiger partial charge in [0.15, 0.2) is 0 Å². The van der Waals surface area contributed by atoms with E-state index >= 15 is 0 Å². The van der Waals surface area contributed by atoms with E-state index in [1.54, 1.807) is 0 Å². The van der Waals surface area contributed by atoms with E-state index in [-0.39, 0.29) is 5.92 Å². The molecule has 0 saturated heterocycles. The van der Waals surface area contributed by atoms with Crippen LogP contribution < -0.4 is 5.73 Å². The van der Waals surface area contributed by atoms with E-state index in [0.29, 0.717) is 0 Å². The summed E-state index contributed by atoms with van der Waals surface area (Å²) in [6, 6.07) is 51.9. The van der Waals surface area contributed by atoms with E-state index in [1.807, 2.05) is 11.3 Å². The van der Waals surface area contributed by atoms with Gasteiger partial charge in [0.05, 0.1) is 0 Å². The van der Waals surface area contributed by atoms with Crippen LogP contribution in [-0.2, 0) is 0 Å². The van der Waals surface area contributed by atoms with Crippen molar-refractivity contribution in [3.8, 4) is 22.3 Å². The highest BCUT2D eigenvalue weighted by Gasteiger charge is 2.14. The van der Waals surface area contributed by atoms with Crippen LogP contribution in [0.5, 0.6) is 0 Å². The third-order valence-corrected chi connectivity index (χ3v) is 9.35. The van der Waals surface area contributed by atoms with Gasteiger partial charge in [0.1, 0.15) is 0 Å². The number of hydrogen-bond acceptors (Lipinski definition) is 2. The summed E-state index contributed by atoms with van der Waals surface area (Å²) < 4.78 is 2.70. The summed E-state index contributed by atoms with van der Waals surface area (Å²) in [6.07, 6.45) is 2.17. The molecule has 1 aromatic heterocycles. The molecule has 0 amide bonds. The van der Waals surface area contributed by atoms with Crippen LogP contribution in [0.15, 0.2) is 152 Å². The highest BCUT2D eigenvalue weighted by atomic mass is 32.1. The molecule has 0 unspecified atom stereocenters. The molecule has 0 spiro atoms. The Kier molecular flexibility index (Phi) is 6.91. The largest absolute Gasteiger partial charge is 0.398 e. The molecule has 0 saturated carbocycles. The molecule has 0 aliphatic rings. The van der Waals surface area contributed by atoms with Crippen molar-refractivity contribution in [2.24, 2.45) is 5.73 Å². The zero-order chi connectivity index (χ0) is 28.5. The second-order valence-electron chi connectivity index (χ2n) is 10.8. The Balaban J connectivity index is 1.18. The SMILES string of the molecule is Cc1ccc2c(sc3ccccc32)c1-c1ccc(-c2ccc(/C(N)=C/C(c3ccccc3)c3ccccc3)cc2)cc1. The van der Waals surface area contributed by atoms with Crippen molar-refractivity contribution in [2.45, 2.75) is 12.8 Å². The van der Waals surface area contributed by atoms with Crippen molar-refractivity contribution in [1.82, 2.24) is 0 Å². The lowest BCUT2D eigenvalue weighted by Crippen LogP contribution is -2.03. The Bertz CT molecular complexity index is 1980. The highest BCUT2D eigenvalue weighted by molar-refractivity contribution is 7.26. The maximum absolute atomic E-state index is 6.69. The number of rotatable bonds is 6. The molecular formula is C40H31NS. The Morgan fingerprint density at radius 1 is 0.571 bits per heavy atom. The molecule has 0 fully saturated rings. The van der Waals surface area contributed by atoms with Gasteiger partial charge in [-0.2, -0.15) is 0 Å². The summed E-state index contributed by atoms with van der Waals surface area (Å²) in [6.45, 7) is 2.21. The fraction of sp³-hybridized carbons (Fsp3) is 0.0500. The van der Waals surface area contributed by atoms with Gasteiger partial charge in [-0.3, -0.25) is 0 Å². The molecule has 1 heterocycles. The molecule has 202 valence electrons. The average Bonchev–Trinajstić information content (AvgIpc) is 3.43. The molecule has 2 N–H and O–H groups in total. The second-order valence-corrected chi connectivity index (χ2v) is 11.9. The van der Waals surface area contributed by atoms with Crippen LogP contribution in [0.1, 0.15) is 28.2 Å². The van der Waals surface area contributed by atoms with Gasteiger partial charge in [-0.25, -0.2) is 0 Å². The van der Waals surface area contributed by atoms with Crippen LogP contribution in [0.3, 0.4) is 0 Å². The van der Waals surface area contributed by atoms with Crippen LogP contribution in [0.2, 0.25) is 0 Å². The maximum Gasteiger partial charge on any atom is 0.0436 e. The summed E-state index contributed by atoms with van der Waals surface area (Å²) >= 11 is 1.89. The molecule has 7 rings (SSSR count). The van der Waals surface area contributed by atoms with E-state index in [4.69, 9.17) is 5.73 Å². The number of aryl methyl sites for hydroxylation is 1. The normalized spacial score (nSPS) is 11.9. The number of thiophene rings is 1. The minimum Gasteiger partial charge on any atom is -0.398 e. The Morgan fingerprint density at radius 3 is 1.76 bits per heavy atom. The fourth-order valence-electron chi connectivity index (χ4n) is 5.91. The van der Waals surface area contributed by atoms with E-state index in [2.05, 4.69) is 159 Å². The van der Waals surface area contributed by atoms with Crippen molar-refractivity contribution < 1.29 is 0 Å². The van der Waals surface area contributed by atoms with Crippen LogP contribution >= 0.6 is 11.3 Å². The molecular weight excluding hydrogens is 527 g/mol. The van der Waals surface area contributed by atoms with E-state index in [0.717, 1.165) is 11.3 Å². The smallest absolute Gasteiger partial charge is 0.0436 e. The molecule has 7 aromatic rings. The summed E-state index contributed by atoms with van der Waals surface area (Å²) in [5, 5.41) is 2.67. The molecule has 6 aromatic carbocycles. The van der Waals surface area contributed by atoms with Gasteiger partial charge in [0.2, 0.25) is 0 Å². The first-order chi connectivity index (χ1) is 20.7. The fourth-order valence-corrected chi connectivity index (χ4v) is 7.24. The van der Waals surface area contributed by atoms with Crippen LogP contribution in [0.25, 0.3) is 48.1 Å². The lowest BCUT2D eigenvalue weighted by atomic mass is 9.89. The molecule has 0 aliphatic carbocycles. The quantitative estimate of drug-likeness (QED) is 0.216. The van der Waals surface area contributed by atoms with E-state index in [9.17, 15) is 0 Å². The van der Waals surface area contributed by atoms with Crippen molar-refractivity contribution in [3.05, 3.63) is 174 Å². The third kappa shape index (κ3) is 4.91. The molecule has 1 nitrogen and oxygen atoms in total. The second kappa shape index (κ2) is 11.2. The van der Waals surface area contributed by atoms with E-state index in [1.165, 1.54) is 59.1 Å². The minimum atomic E-state index is 0.0912. The number of benzene rings is 6. The molecule has 0 aliphatic heterocycles. The first kappa shape index (κ1) is 26.0. The lowest BCUT2D eigenvalue weighted by molar-refractivity contribution is 1.02. The van der Waals surface area contributed by atoms with Gasteiger partial charge < -0.3 is 5.73 Å². The zero-order valence-corrected chi connectivity index (χ0v) is 24.3. The molecule has 0 atom stereocenters. The number of nitrogens with two attached hydrogens (primary N) is 1. The third-order valence-electron chi connectivity index (χ3n) is 8.14. The predicted octanol–water partition coefficient (Wildman–Crippen LogP) is 10.8. The van der Waals surface area contributed by atoms with Crippen LogP contribution in [0.4, 0.5) is 0 Å². The van der Waals surface area contributed by atoms with Crippen LogP contribution in [0, 0.1) is 6.92 Å². The molecule has 0 bridgehead atoms. The first-order valence-corrected chi connectivity index (χ1v) is 15.2. The number of hydrogen-bond donors (Lipinski definition) is 1. The van der Waals surface area contributed by atoms with Gasteiger partial charge in [-0.1, -0.05) is 140 Å². The summed E-state index contributed by atoms with van der Waals surface area (Å²) in [7, 11) is 0. The minimum absolute atomic E-state index is 0.0912. The summed E-state index contributed by atoms with van der Waals surface area (Å²) in [4.78, 5) is 0. The zero-order valence-electron chi connectivity index (χ0n) is 23.5. The van der Waals surface area contributed by atoms with Gasteiger partial charge in [-0.15, -0.1) is 11.3 Å². The van der Waals surface area contributed by atoms with E-state index < -0.39 is 0 Å². The molecule has 42 heavy (non-hydrogen) atoms. The summed E-state index contributed by atoms with van der Waals surface area (Å²) in [5.74, 6) is 0.0912. The standard InChI is InChI=1S/C40H31NS/c1-27-16-25-35-34-14-8-9-15-38(34)42-40(35)39(27)33-23-19-29(20-24-33)28-17-21-32(22-18-28)37(41)26-36(30-10-4-2-5-11-30)31-12-6-3-7-13-31/h2-26,36H,41H2,1H3/b37-26-. The molecule has 2 heteroatoms. The highest BCUT2D eigenvalue weighted by Crippen LogP contribution is 2.42. The summed E-state index contributed by atoms with van der Waals surface area (Å²) in [5.41, 5.74) is 17.2. The van der Waals surface area contributed by atoms with Gasteiger partial charge in [0, 0.05) is 37.4 Å². The first-order valence-electron chi connectivity index (χ1n) is 14.3. The molecule has 0 radical (unpaired) electrons. The van der Waals surface area contributed by atoms with Crippen LogP contribution in [-0.4, -0.2) is 0 Å². The topological polar surface area (TPSA) is 26.0 Å². The number of allylic oxidation sites excluding steroid dienone is 1. The van der Waals surface area contributed by atoms with Gasteiger partial charge >= 0.3 is 0 Å². The lowest BCUT2D eigenvalue weighted by Gasteiger charge is -2.16. The van der Waals surface area contributed by atoms with Crippen molar-refractivity contribution in [1.29, 1.82) is 0 Å². The Morgan fingerprint density at radius 2 is 1.12 bits per heavy atom. The predicted molar refractivity (Wildman–Crippen MR) is 182 cm³/mol. The van der Waals surface area contributed by atoms with Crippen molar-refractivity contribution in [3.63, 3.8) is 0 Å². The van der Waals surface area contributed by atoms with Gasteiger partial charge in [0.25, 0.3) is 0 Å². The monoisotopic (exact) mass is 557 g/mol. The van der Waals surface area contributed by atoms with Gasteiger partial charge in [-0.05, 0) is 58.0 Å². The Labute approximate surface area is 251 Å². The maximum atomic E-state index is 6.69. The van der Waals surface area contributed by atoms with Crippen molar-refractivity contribution >= 4 is 37.2 Å².